The molecule has 1 unspecified atom stereocenters. The minimum atomic E-state index is -3.08. The number of sulfonamides is 1. The molecule has 0 aliphatic rings. The number of nitrogens with zero attached hydrogens (tertiary/aromatic N) is 1. The fourth-order valence-electron chi connectivity index (χ4n) is 0.534. The van der Waals surface area contributed by atoms with Crippen LogP contribution in [0.5, 0.6) is 0 Å². The maximum absolute atomic E-state index is 10.8. The van der Waals surface area contributed by atoms with E-state index in [0.717, 1.165) is 6.26 Å². The van der Waals surface area contributed by atoms with Gasteiger partial charge in [-0.2, -0.15) is 0 Å². The van der Waals surface area contributed by atoms with Gasteiger partial charge >= 0.3 is 0 Å². The summed E-state index contributed by atoms with van der Waals surface area (Å²) in [5.41, 5.74) is 0. The zero-order valence-corrected chi connectivity index (χ0v) is 7.93. The van der Waals surface area contributed by atoms with Crippen molar-refractivity contribution in [1.29, 1.82) is 0 Å². The molecule has 1 atom stereocenters. The van der Waals surface area contributed by atoms with Gasteiger partial charge in [0.15, 0.2) is 0 Å². The average molecular weight is 181 g/mol. The normalized spacial score (nSPS) is 15.4. The molecule has 0 radical (unpaired) electrons. The molecule has 0 spiro atoms. The number of aliphatic hydroxyl groups excluding tert-OH is 1. The Hall–Kier alpha value is -0.130. The first-order valence-electron chi connectivity index (χ1n) is 3.43. The Morgan fingerprint density at radius 1 is 1.55 bits per heavy atom. The molecule has 11 heavy (non-hydrogen) atoms. The molecule has 4 nitrogen and oxygen atoms in total. The summed E-state index contributed by atoms with van der Waals surface area (Å²) < 4.78 is 22.8. The number of rotatable bonds is 4. The summed E-state index contributed by atoms with van der Waals surface area (Å²) in [6, 6.07) is 0. The molecule has 0 fully saturated rings. The minimum absolute atomic E-state index is 0.372. The van der Waals surface area contributed by atoms with Crippen LogP contribution in [0.2, 0.25) is 0 Å². The van der Waals surface area contributed by atoms with Crippen LogP contribution in [-0.4, -0.2) is 43.8 Å². The van der Waals surface area contributed by atoms with Crippen molar-refractivity contribution in [1.82, 2.24) is 4.31 Å². The van der Waals surface area contributed by atoms with Crippen molar-refractivity contribution in [2.45, 2.75) is 19.4 Å². The van der Waals surface area contributed by atoms with Gasteiger partial charge < -0.3 is 5.11 Å². The molecule has 0 aliphatic carbocycles. The Labute approximate surface area is 67.9 Å². The van der Waals surface area contributed by atoms with Crippen LogP contribution in [0, 0.1) is 0 Å². The standard InChI is InChI=1S/C6H15NO3S/c1-6(8)4-5-7(2)11(3,9)10/h6,8H,4-5H2,1-3H3. The Bertz CT molecular complexity index is 198. The van der Waals surface area contributed by atoms with E-state index in [1.54, 1.807) is 6.92 Å². The van der Waals surface area contributed by atoms with Crippen molar-refractivity contribution < 1.29 is 13.5 Å². The number of hydrogen-bond donors (Lipinski definition) is 1. The number of aliphatic hydroxyl groups is 1. The van der Waals surface area contributed by atoms with Crippen molar-refractivity contribution >= 4 is 10.0 Å². The first-order chi connectivity index (χ1) is 4.84. The van der Waals surface area contributed by atoms with Crippen LogP contribution in [0.1, 0.15) is 13.3 Å². The molecule has 0 saturated heterocycles. The third-order valence-electron chi connectivity index (χ3n) is 1.43. The predicted octanol–water partition coefficient (Wildman–Crippen LogP) is -0.351. The lowest BCUT2D eigenvalue weighted by molar-refractivity contribution is 0.177. The van der Waals surface area contributed by atoms with Crippen LogP contribution in [0.4, 0.5) is 0 Å². The van der Waals surface area contributed by atoms with Crippen LogP contribution in [0.15, 0.2) is 0 Å². The molecule has 0 amide bonds. The Morgan fingerprint density at radius 3 is 2.27 bits per heavy atom. The Kier molecular flexibility index (Phi) is 3.99. The fraction of sp³-hybridized carbons (Fsp3) is 1.00. The zero-order valence-electron chi connectivity index (χ0n) is 7.11. The second-order valence-corrected chi connectivity index (χ2v) is 4.81. The summed E-state index contributed by atoms with van der Waals surface area (Å²) in [7, 11) is -1.58. The number of hydrogen-bond acceptors (Lipinski definition) is 3. The van der Waals surface area contributed by atoms with E-state index in [1.165, 1.54) is 11.4 Å². The molecular weight excluding hydrogens is 166 g/mol. The summed E-state index contributed by atoms with van der Waals surface area (Å²) >= 11 is 0. The van der Waals surface area contributed by atoms with E-state index in [4.69, 9.17) is 5.11 Å². The molecule has 5 heteroatoms. The molecular formula is C6H15NO3S. The quantitative estimate of drug-likeness (QED) is 0.645. The molecule has 68 valence electrons. The van der Waals surface area contributed by atoms with Gasteiger partial charge in [-0.15, -0.1) is 0 Å². The summed E-state index contributed by atoms with van der Waals surface area (Å²) in [6.45, 7) is 2.01. The monoisotopic (exact) mass is 181 g/mol. The van der Waals surface area contributed by atoms with E-state index in [-0.39, 0.29) is 0 Å². The van der Waals surface area contributed by atoms with Crippen molar-refractivity contribution in [3.8, 4) is 0 Å². The molecule has 0 saturated carbocycles. The van der Waals surface area contributed by atoms with E-state index in [1.807, 2.05) is 0 Å². The molecule has 0 bridgehead atoms. The van der Waals surface area contributed by atoms with E-state index < -0.39 is 16.1 Å². The van der Waals surface area contributed by atoms with Gasteiger partial charge in [-0.1, -0.05) is 0 Å². The van der Waals surface area contributed by atoms with Crippen molar-refractivity contribution in [2.75, 3.05) is 19.8 Å². The maximum atomic E-state index is 10.8. The predicted molar refractivity (Wildman–Crippen MR) is 43.8 cm³/mol. The maximum Gasteiger partial charge on any atom is 0.210 e. The highest BCUT2D eigenvalue weighted by molar-refractivity contribution is 7.88. The van der Waals surface area contributed by atoms with Gasteiger partial charge in [0.1, 0.15) is 0 Å². The lowest BCUT2D eigenvalue weighted by Gasteiger charge is -2.14. The van der Waals surface area contributed by atoms with Crippen LogP contribution in [-0.2, 0) is 10.0 Å². The van der Waals surface area contributed by atoms with Crippen LogP contribution in [0.25, 0.3) is 0 Å². The molecule has 0 aromatic rings. The van der Waals surface area contributed by atoms with Crippen LogP contribution in [0.3, 0.4) is 0 Å². The topological polar surface area (TPSA) is 57.6 Å². The molecule has 0 heterocycles. The lowest BCUT2D eigenvalue weighted by atomic mass is 10.3. The summed E-state index contributed by atoms with van der Waals surface area (Å²) in [4.78, 5) is 0. The zero-order chi connectivity index (χ0) is 9.07. The Morgan fingerprint density at radius 2 is 2.00 bits per heavy atom. The van der Waals surface area contributed by atoms with Gasteiger partial charge in [0, 0.05) is 13.6 Å². The minimum Gasteiger partial charge on any atom is -0.393 e. The molecule has 0 aliphatic heterocycles. The largest absolute Gasteiger partial charge is 0.393 e. The van der Waals surface area contributed by atoms with Gasteiger partial charge in [-0.05, 0) is 13.3 Å². The van der Waals surface area contributed by atoms with Gasteiger partial charge in [0.25, 0.3) is 0 Å². The van der Waals surface area contributed by atoms with Gasteiger partial charge in [-0.25, -0.2) is 12.7 Å². The third kappa shape index (κ3) is 5.17. The highest BCUT2D eigenvalue weighted by Crippen LogP contribution is 1.97. The van der Waals surface area contributed by atoms with E-state index >= 15 is 0 Å². The van der Waals surface area contributed by atoms with Crippen molar-refractivity contribution in [2.24, 2.45) is 0 Å². The lowest BCUT2D eigenvalue weighted by Crippen LogP contribution is -2.28. The molecule has 0 rings (SSSR count). The second kappa shape index (κ2) is 4.04. The van der Waals surface area contributed by atoms with Crippen LogP contribution < -0.4 is 0 Å². The fourth-order valence-corrected chi connectivity index (χ4v) is 0.972. The smallest absolute Gasteiger partial charge is 0.210 e. The van der Waals surface area contributed by atoms with Gasteiger partial charge in [-0.3, -0.25) is 0 Å². The SMILES string of the molecule is CC(O)CCN(C)S(C)(=O)=O. The third-order valence-corrected chi connectivity index (χ3v) is 2.74. The molecule has 0 aromatic heterocycles. The molecule has 1 N–H and O–H groups in total. The second-order valence-electron chi connectivity index (χ2n) is 2.72. The highest BCUT2D eigenvalue weighted by atomic mass is 32.2. The van der Waals surface area contributed by atoms with Crippen molar-refractivity contribution in [3.63, 3.8) is 0 Å². The summed E-state index contributed by atoms with van der Waals surface area (Å²) in [5, 5.41) is 8.85. The molecule has 0 aromatic carbocycles. The van der Waals surface area contributed by atoms with Gasteiger partial charge in [0.05, 0.1) is 12.4 Å². The Balaban J connectivity index is 3.81. The first-order valence-corrected chi connectivity index (χ1v) is 5.28. The highest BCUT2D eigenvalue weighted by Gasteiger charge is 2.10. The average Bonchev–Trinajstić information content (AvgIpc) is 1.80. The van der Waals surface area contributed by atoms with E-state index in [9.17, 15) is 8.42 Å². The van der Waals surface area contributed by atoms with Gasteiger partial charge in [0.2, 0.25) is 10.0 Å². The summed E-state index contributed by atoms with van der Waals surface area (Å²) in [5.74, 6) is 0. The van der Waals surface area contributed by atoms with E-state index in [0.29, 0.717) is 13.0 Å². The first kappa shape index (κ1) is 10.9. The summed E-state index contributed by atoms with van der Waals surface area (Å²) in [6.07, 6.45) is 1.18. The van der Waals surface area contributed by atoms with Crippen molar-refractivity contribution in [3.05, 3.63) is 0 Å². The van der Waals surface area contributed by atoms with E-state index in [2.05, 4.69) is 0 Å². The van der Waals surface area contributed by atoms with Crippen LogP contribution >= 0.6 is 0 Å².